The first-order chi connectivity index (χ1) is 10.2. The maximum absolute atomic E-state index is 11.3. The lowest BCUT2D eigenvalue weighted by molar-refractivity contribution is -0.141. The van der Waals surface area contributed by atoms with Crippen molar-refractivity contribution in [3.63, 3.8) is 0 Å². The molecule has 110 valence electrons. The number of carbonyl (C=O) groups is 1. The second-order valence-corrected chi connectivity index (χ2v) is 5.36. The van der Waals surface area contributed by atoms with Crippen LogP contribution in [0.2, 0.25) is 0 Å². The summed E-state index contributed by atoms with van der Waals surface area (Å²) in [5.74, 6) is -1.21. The molecule has 0 amide bonds. The van der Waals surface area contributed by atoms with Gasteiger partial charge < -0.3 is 9.84 Å². The van der Waals surface area contributed by atoms with Gasteiger partial charge in [0.15, 0.2) is 0 Å². The summed E-state index contributed by atoms with van der Waals surface area (Å²) in [4.78, 5) is 11.3. The van der Waals surface area contributed by atoms with Crippen molar-refractivity contribution in [2.24, 2.45) is 0 Å². The average molecular weight is 304 g/mol. The minimum atomic E-state index is -0.751. The summed E-state index contributed by atoms with van der Waals surface area (Å²) in [6.45, 7) is 1.90. The van der Waals surface area contributed by atoms with E-state index in [1.54, 1.807) is 6.92 Å². The van der Waals surface area contributed by atoms with Crippen LogP contribution in [0.5, 0.6) is 0 Å². The third-order valence-corrected chi connectivity index (χ3v) is 3.63. The van der Waals surface area contributed by atoms with Crippen molar-refractivity contribution in [3.05, 3.63) is 51.7 Å². The van der Waals surface area contributed by atoms with E-state index in [1.165, 1.54) is 23.0 Å². The SMILES string of the molecule is CCOC(=O)C(O)=Cc1nnc(CCc2ccccc2)s1. The molecular weight excluding hydrogens is 288 g/mol. The molecule has 0 spiro atoms. The number of aliphatic hydroxyl groups is 1. The number of hydrogen-bond acceptors (Lipinski definition) is 6. The molecule has 2 rings (SSSR count). The second kappa shape index (κ2) is 7.54. The monoisotopic (exact) mass is 304 g/mol. The number of hydrogen-bond donors (Lipinski definition) is 1. The Labute approximate surface area is 126 Å². The summed E-state index contributed by atoms with van der Waals surface area (Å²) < 4.78 is 4.69. The van der Waals surface area contributed by atoms with E-state index in [9.17, 15) is 9.90 Å². The molecular formula is C15H16N2O3S. The highest BCUT2D eigenvalue weighted by Gasteiger charge is 2.10. The number of rotatable bonds is 6. The van der Waals surface area contributed by atoms with Crippen LogP contribution in [0.15, 0.2) is 36.1 Å². The topological polar surface area (TPSA) is 72.3 Å². The van der Waals surface area contributed by atoms with Crippen LogP contribution >= 0.6 is 11.3 Å². The van der Waals surface area contributed by atoms with Gasteiger partial charge in [0.1, 0.15) is 10.0 Å². The number of benzene rings is 1. The largest absolute Gasteiger partial charge is 0.502 e. The van der Waals surface area contributed by atoms with Gasteiger partial charge in [-0.2, -0.15) is 0 Å². The lowest BCUT2D eigenvalue weighted by atomic mass is 10.1. The number of ether oxygens (including phenoxy) is 1. The first kappa shape index (κ1) is 15.2. The molecule has 6 heteroatoms. The molecule has 2 aromatic rings. The lowest BCUT2D eigenvalue weighted by Gasteiger charge is -1.98. The molecule has 0 aliphatic carbocycles. The second-order valence-electron chi connectivity index (χ2n) is 4.27. The summed E-state index contributed by atoms with van der Waals surface area (Å²) in [5.41, 5.74) is 1.24. The fourth-order valence-electron chi connectivity index (χ4n) is 1.70. The van der Waals surface area contributed by atoms with E-state index >= 15 is 0 Å². The van der Waals surface area contributed by atoms with Crippen molar-refractivity contribution in [1.29, 1.82) is 0 Å². The van der Waals surface area contributed by atoms with E-state index in [0.717, 1.165) is 17.8 Å². The molecule has 1 heterocycles. The molecule has 5 nitrogen and oxygen atoms in total. The Kier molecular flexibility index (Phi) is 5.45. The molecule has 0 bridgehead atoms. The van der Waals surface area contributed by atoms with E-state index in [2.05, 4.69) is 27.1 Å². The molecule has 0 radical (unpaired) electrons. The molecule has 0 fully saturated rings. The predicted octanol–water partition coefficient (Wildman–Crippen LogP) is 2.79. The molecule has 0 saturated carbocycles. The molecule has 0 aliphatic heterocycles. The van der Waals surface area contributed by atoms with Gasteiger partial charge in [0.25, 0.3) is 0 Å². The van der Waals surface area contributed by atoms with Gasteiger partial charge in [0.2, 0.25) is 5.76 Å². The lowest BCUT2D eigenvalue weighted by Crippen LogP contribution is -2.06. The van der Waals surface area contributed by atoms with Gasteiger partial charge in [-0.15, -0.1) is 10.2 Å². The van der Waals surface area contributed by atoms with E-state index in [1.807, 2.05) is 18.2 Å². The van der Waals surface area contributed by atoms with Gasteiger partial charge >= 0.3 is 5.97 Å². The molecule has 0 saturated heterocycles. The van der Waals surface area contributed by atoms with Gasteiger partial charge in [0.05, 0.1) is 6.61 Å². The van der Waals surface area contributed by atoms with Crippen molar-refractivity contribution >= 4 is 23.4 Å². The number of carbonyl (C=O) groups excluding carboxylic acids is 1. The summed E-state index contributed by atoms with van der Waals surface area (Å²) in [7, 11) is 0. The van der Waals surface area contributed by atoms with Crippen molar-refractivity contribution in [2.45, 2.75) is 19.8 Å². The molecule has 0 aliphatic rings. The zero-order valence-electron chi connectivity index (χ0n) is 11.7. The minimum Gasteiger partial charge on any atom is -0.502 e. The van der Waals surface area contributed by atoms with Crippen LogP contribution in [0.1, 0.15) is 22.5 Å². The van der Waals surface area contributed by atoms with Crippen LogP contribution in [0.3, 0.4) is 0 Å². The van der Waals surface area contributed by atoms with Crippen LogP contribution in [0, 0.1) is 0 Å². The van der Waals surface area contributed by atoms with Crippen molar-refractivity contribution in [3.8, 4) is 0 Å². The molecule has 0 atom stereocenters. The third kappa shape index (κ3) is 4.68. The summed E-state index contributed by atoms with van der Waals surface area (Å²) >= 11 is 1.35. The zero-order chi connectivity index (χ0) is 15.1. The van der Waals surface area contributed by atoms with E-state index < -0.39 is 11.7 Å². The Balaban J connectivity index is 1.95. The van der Waals surface area contributed by atoms with Crippen LogP contribution in [0.4, 0.5) is 0 Å². The first-order valence-electron chi connectivity index (χ1n) is 6.63. The molecule has 0 unspecified atom stereocenters. The zero-order valence-corrected chi connectivity index (χ0v) is 12.5. The maximum atomic E-state index is 11.3. The summed E-state index contributed by atoms with van der Waals surface area (Å²) in [6, 6.07) is 10.1. The Bertz CT molecular complexity index is 623. The van der Waals surface area contributed by atoms with Crippen LogP contribution in [-0.2, 0) is 22.4 Å². The quantitative estimate of drug-likeness (QED) is 0.505. The van der Waals surface area contributed by atoms with E-state index in [-0.39, 0.29) is 6.61 Å². The third-order valence-electron chi connectivity index (χ3n) is 2.70. The maximum Gasteiger partial charge on any atom is 0.373 e. The summed E-state index contributed by atoms with van der Waals surface area (Å²) in [5, 5.41) is 18.9. The number of aromatic nitrogens is 2. The highest BCUT2D eigenvalue weighted by molar-refractivity contribution is 7.12. The van der Waals surface area contributed by atoms with Crippen molar-refractivity contribution in [2.75, 3.05) is 6.61 Å². The first-order valence-corrected chi connectivity index (χ1v) is 7.44. The van der Waals surface area contributed by atoms with Crippen molar-refractivity contribution < 1.29 is 14.6 Å². The van der Waals surface area contributed by atoms with E-state index in [4.69, 9.17) is 0 Å². The Morgan fingerprint density at radius 2 is 2.05 bits per heavy atom. The molecule has 1 aromatic heterocycles. The van der Waals surface area contributed by atoms with Crippen LogP contribution < -0.4 is 0 Å². The van der Waals surface area contributed by atoms with Crippen LogP contribution in [0.25, 0.3) is 6.08 Å². The normalized spacial score (nSPS) is 11.4. The molecule has 1 aromatic carbocycles. The standard InChI is InChI=1S/C15H16N2O3S/c1-2-20-15(19)12(18)10-14-17-16-13(21-14)9-8-11-6-4-3-5-7-11/h3-7,10,18H,2,8-9H2,1H3. The van der Waals surface area contributed by atoms with Gasteiger partial charge in [0, 0.05) is 12.5 Å². The minimum absolute atomic E-state index is 0.217. The Morgan fingerprint density at radius 3 is 2.76 bits per heavy atom. The van der Waals surface area contributed by atoms with Gasteiger partial charge in [-0.25, -0.2) is 4.79 Å². The average Bonchev–Trinajstić information content (AvgIpc) is 2.94. The number of aliphatic hydroxyl groups excluding tert-OH is 1. The predicted molar refractivity (Wildman–Crippen MR) is 81.0 cm³/mol. The van der Waals surface area contributed by atoms with Gasteiger partial charge in [-0.1, -0.05) is 41.7 Å². The Morgan fingerprint density at radius 1 is 1.29 bits per heavy atom. The number of nitrogens with zero attached hydrogens (tertiary/aromatic N) is 2. The fraction of sp³-hybridized carbons (Fsp3) is 0.267. The highest BCUT2D eigenvalue weighted by Crippen LogP contribution is 2.15. The molecule has 1 N–H and O–H groups in total. The van der Waals surface area contributed by atoms with E-state index in [0.29, 0.717) is 5.01 Å². The smallest absolute Gasteiger partial charge is 0.373 e. The summed E-state index contributed by atoms with van der Waals surface area (Å²) in [6.07, 6.45) is 2.93. The highest BCUT2D eigenvalue weighted by atomic mass is 32.1. The number of esters is 1. The van der Waals surface area contributed by atoms with Gasteiger partial charge in [-0.05, 0) is 18.9 Å². The molecule has 21 heavy (non-hydrogen) atoms. The Hall–Kier alpha value is -2.21. The fourth-order valence-corrected chi connectivity index (χ4v) is 2.48. The van der Waals surface area contributed by atoms with Gasteiger partial charge in [-0.3, -0.25) is 0 Å². The van der Waals surface area contributed by atoms with Crippen molar-refractivity contribution in [1.82, 2.24) is 10.2 Å². The van der Waals surface area contributed by atoms with Crippen LogP contribution in [-0.4, -0.2) is 27.9 Å². The number of aryl methyl sites for hydroxylation is 2.